The Morgan fingerprint density at radius 3 is 2.40 bits per heavy atom. The van der Waals surface area contributed by atoms with Gasteiger partial charge in [0.1, 0.15) is 0 Å². The van der Waals surface area contributed by atoms with Crippen molar-refractivity contribution in [3.8, 4) is 0 Å². The zero-order valence-electron chi connectivity index (χ0n) is 6.42. The molecular weight excluding hydrogens is 120 g/mol. The number of hydrogen-bond donors (Lipinski definition) is 0. The lowest BCUT2D eigenvalue weighted by atomic mass is 10.1. The van der Waals surface area contributed by atoms with E-state index >= 15 is 0 Å². The normalized spacial score (nSPS) is 27.2. The van der Waals surface area contributed by atoms with Crippen molar-refractivity contribution in [2.24, 2.45) is 0 Å². The predicted molar refractivity (Wildman–Crippen MR) is 45.7 cm³/mol. The van der Waals surface area contributed by atoms with Crippen molar-refractivity contribution in [1.82, 2.24) is 0 Å². The summed E-state index contributed by atoms with van der Waals surface area (Å²) in [4.78, 5) is 0. The Kier molecular flexibility index (Phi) is 4.00. The molecule has 55 valence electrons. The molecule has 0 fully saturated rings. The van der Waals surface area contributed by atoms with Crippen LogP contribution in [0.4, 0.5) is 0 Å². The van der Waals surface area contributed by atoms with Gasteiger partial charge in [-0.2, -0.15) is 0 Å². The van der Waals surface area contributed by atoms with Gasteiger partial charge in [0.05, 0.1) is 0 Å². The first-order chi connectivity index (χ1) is 5.00. The monoisotopic (exact) mass is 135 g/mol. The number of hydrogen-bond acceptors (Lipinski definition) is 0. The molecule has 1 rings (SSSR count). The van der Waals surface area contributed by atoms with Gasteiger partial charge >= 0.3 is 0 Å². The first-order valence-corrected chi connectivity index (χ1v) is 4.13. The third-order valence-corrected chi connectivity index (χ3v) is 1.70. The van der Waals surface area contributed by atoms with Crippen molar-refractivity contribution in [3.05, 3.63) is 30.7 Å². The Bertz CT molecular complexity index is 104. The molecular formula is C10H15. The van der Waals surface area contributed by atoms with Gasteiger partial charge in [-0.15, -0.1) is 0 Å². The van der Waals surface area contributed by atoms with Gasteiger partial charge in [-0.25, -0.2) is 0 Å². The zero-order valence-corrected chi connectivity index (χ0v) is 6.42. The van der Waals surface area contributed by atoms with Gasteiger partial charge in [0, 0.05) is 0 Å². The molecule has 0 heterocycles. The highest BCUT2D eigenvalue weighted by Crippen LogP contribution is 2.06. The molecule has 0 heteroatoms. The smallest absolute Gasteiger partial charge is 0.0345 e. The second-order valence-electron chi connectivity index (χ2n) is 2.65. The van der Waals surface area contributed by atoms with Crippen LogP contribution in [-0.2, 0) is 0 Å². The Morgan fingerprint density at radius 1 is 0.700 bits per heavy atom. The van der Waals surface area contributed by atoms with Gasteiger partial charge in [-0.1, -0.05) is 24.3 Å². The van der Waals surface area contributed by atoms with Crippen LogP contribution >= 0.6 is 0 Å². The van der Waals surface area contributed by atoms with Crippen LogP contribution in [0.1, 0.15) is 32.1 Å². The number of allylic oxidation sites excluding steroid dienone is 4. The topological polar surface area (TPSA) is 0 Å². The molecule has 0 aromatic carbocycles. The van der Waals surface area contributed by atoms with Crippen LogP contribution in [0.2, 0.25) is 0 Å². The summed E-state index contributed by atoms with van der Waals surface area (Å²) in [5.74, 6) is 0. The highest BCUT2D eigenvalue weighted by molar-refractivity contribution is 5.03. The van der Waals surface area contributed by atoms with Crippen LogP contribution in [-0.4, -0.2) is 0 Å². The summed E-state index contributed by atoms with van der Waals surface area (Å²) in [6.45, 7) is 0. The highest BCUT2D eigenvalue weighted by atomic mass is 13.9. The molecule has 0 saturated carbocycles. The van der Waals surface area contributed by atoms with E-state index in [2.05, 4.69) is 30.7 Å². The molecule has 0 aromatic heterocycles. The lowest BCUT2D eigenvalue weighted by Crippen LogP contribution is -1.79. The van der Waals surface area contributed by atoms with Crippen LogP contribution in [0.15, 0.2) is 24.3 Å². The summed E-state index contributed by atoms with van der Waals surface area (Å²) in [6, 6.07) is 0. The Balaban J connectivity index is 2.26. The summed E-state index contributed by atoms with van der Waals surface area (Å²) in [6.07, 6.45) is 17.5. The standard InChI is InChI=1S/C10H15/c1-2-4-6-8-10-9-7-5-3-1/h1-4,9H,5-8,10H2/b3-1+,4-2-. The molecule has 1 radical (unpaired) electrons. The van der Waals surface area contributed by atoms with Gasteiger partial charge in [-0.3, -0.25) is 0 Å². The Labute approximate surface area is 63.6 Å². The van der Waals surface area contributed by atoms with Gasteiger partial charge in [0.25, 0.3) is 0 Å². The fraction of sp³-hybridized carbons (Fsp3) is 0.500. The molecule has 0 bridgehead atoms. The maximum atomic E-state index is 2.39. The zero-order chi connectivity index (χ0) is 7.07. The van der Waals surface area contributed by atoms with E-state index in [0.29, 0.717) is 0 Å². The molecule has 0 amide bonds. The second kappa shape index (κ2) is 5.28. The first-order valence-electron chi connectivity index (χ1n) is 4.13. The fourth-order valence-corrected chi connectivity index (χ4v) is 1.09. The van der Waals surface area contributed by atoms with Crippen LogP contribution in [0.5, 0.6) is 0 Å². The molecule has 0 saturated heterocycles. The predicted octanol–water partition coefficient (Wildman–Crippen LogP) is 3.27. The average Bonchev–Trinajstić information content (AvgIpc) is 2.01. The Hall–Kier alpha value is -0.520. The Morgan fingerprint density at radius 2 is 1.50 bits per heavy atom. The van der Waals surface area contributed by atoms with Crippen molar-refractivity contribution < 1.29 is 0 Å². The minimum Gasteiger partial charge on any atom is -0.0845 e. The van der Waals surface area contributed by atoms with Gasteiger partial charge in [0.15, 0.2) is 0 Å². The lowest BCUT2D eigenvalue weighted by molar-refractivity contribution is 0.776. The second-order valence-corrected chi connectivity index (χ2v) is 2.65. The number of rotatable bonds is 0. The quantitative estimate of drug-likeness (QED) is 0.478. The molecule has 0 aromatic rings. The van der Waals surface area contributed by atoms with Gasteiger partial charge in [0.2, 0.25) is 0 Å². The van der Waals surface area contributed by atoms with E-state index in [-0.39, 0.29) is 0 Å². The lowest BCUT2D eigenvalue weighted by Gasteiger charge is -1.97. The largest absolute Gasteiger partial charge is 0.0845 e. The van der Waals surface area contributed by atoms with E-state index in [0.717, 1.165) is 0 Å². The van der Waals surface area contributed by atoms with Crippen LogP contribution in [0, 0.1) is 6.42 Å². The van der Waals surface area contributed by atoms with E-state index < -0.39 is 0 Å². The van der Waals surface area contributed by atoms with Gasteiger partial charge < -0.3 is 0 Å². The maximum Gasteiger partial charge on any atom is -0.0345 e. The summed E-state index contributed by atoms with van der Waals surface area (Å²) in [7, 11) is 0. The molecule has 0 aliphatic heterocycles. The van der Waals surface area contributed by atoms with E-state index in [1.165, 1.54) is 32.1 Å². The summed E-state index contributed by atoms with van der Waals surface area (Å²) in [5.41, 5.74) is 0. The molecule has 1 aliphatic rings. The molecule has 0 atom stereocenters. The van der Waals surface area contributed by atoms with Crippen molar-refractivity contribution in [1.29, 1.82) is 0 Å². The highest BCUT2D eigenvalue weighted by Gasteiger charge is 1.88. The summed E-state index contributed by atoms with van der Waals surface area (Å²) < 4.78 is 0. The summed E-state index contributed by atoms with van der Waals surface area (Å²) >= 11 is 0. The van der Waals surface area contributed by atoms with Crippen molar-refractivity contribution in [3.63, 3.8) is 0 Å². The van der Waals surface area contributed by atoms with E-state index in [1.807, 2.05) is 0 Å². The van der Waals surface area contributed by atoms with Crippen LogP contribution in [0.3, 0.4) is 0 Å². The summed E-state index contributed by atoms with van der Waals surface area (Å²) in [5, 5.41) is 0. The molecule has 1 aliphatic carbocycles. The molecule has 0 spiro atoms. The maximum absolute atomic E-state index is 2.39. The fourth-order valence-electron chi connectivity index (χ4n) is 1.09. The van der Waals surface area contributed by atoms with E-state index in [1.54, 1.807) is 0 Å². The van der Waals surface area contributed by atoms with Gasteiger partial charge in [-0.05, 0) is 38.5 Å². The molecule has 0 unspecified atom stereocenters. The third-order valence-electron chi connectivity index (χ3n) is 1.70. The average molecular weight is 135 g/mol. The van der Waals surface area contributed by atoms with Crippen LogP contribution < -0.4 is 0 Å². The SMILES string of the molecule is [CH]1CC/C=C/C=C\CCC1. The minimum atomic E-state index is 1.21. The minimum absolute atomic E-state index is 1.21. The molecule has 10 heavy (non-hydrogen) atoms. The van der Waals surface area contributed by atoms with Crippen molar-refractivity contribution in [2.75, 3.05) is 0 Å². The third kappa shape index (κ3) is 3.49. The van der Waals surface area contributed by atoms with Crippen molar-refractivity contribution in [2.45, 2.75) is 32.1 Å². The molecule has 0 nitrogen and oxygen atoms in total. The van der Waals surface area contributed by atoms with Crippen LogP contribution in [0.25, 0.3) is 0 Å². The first kappa shape index (κ1) is 7.59. The van der Waals surface area contributed by atoms with E-state index in [9.17, 15) is 0 Å². The molecule has 0 N–H and O–H groups in total. The van der Waals surface area contributed by atoms with Crippen molar-refractivity contribution >= 4 is 0 Å². The van der Waals surface area contributed by atoms with E-state index in [4.69, 9.17) is 0 Å².